The number of pyridine rings is 1. The standard InChI is InChI=1S/C13H15BrN2O2S/c1-10(14)9-16(2)19(17,18)13-7-3-6-12-11(13)5-4-8-15-12/h3-8,10H,9H2,1-2H3. The molecule has 1 aromatic heterocycles. The second-order valence-corrected chi connectivity index (χ2v) is 7.97. The fourth-order valence-electron chi connectivity index (χ4n) is 1.92. The smallest absolute Gasteiger partial charge is 0.243 e. The molecule has 4 nitrogen and oxygen atoms in total. The van der Waals surface area contributed by atoms with Crippen LogP contribution in [0.1, 0.15) is 6.92 Å². The number of sulfonamides is 1. The molecule has 0 saturated heterocycles. The van der Waals surface area contributed by atoms with Gasteiger partial charge in [0.05, 0.1) is 10.4 Å². The van der Waals surface area contributed by atoms with Crippen LogP contribution in [0.15, 0.2) is 41.4 Å². The Kier molecular flexibility index (Phi) is 4.23. The van der Waals surface area contributed by atoms with Crippen LogP contribution < -0.4 is 0 Å². The van der Waals surface area contributed by atoms with Gasteiger partial charge in [0.2, 0.25) is 10.0 Å². The fourth-order valence-corrected chi connectivity index (χ4v) is 4.00. The van der Waals surface area contributed by atoms with Gasteiger partial charge in [0, 0.05) is 30.0 Å². The topological polar surface area (TPSA) is 50.3 Å². The normalized spacial score (nSPS) is 13.9. The molecule has 6 heteroatoms. The van der Waals surface area contributed by atoms with Crippen LogP contribution in [0.2, 0.25) is 0 Å². The Morgan fingerprint density at radius 1 is 1.32 bits per heavy atom. The lowest BCUT2D eigenvalue weighted by Crippen LogP contribution is -2.31. The molecular formula is C13H15BrN2O2S. The summed E-state index contributed by atoms with van der Waals surface area (Å²) >= 11 is 3.37. The van der Waals surface area contributed by atoms with Crippen molar-refractivity contribution < 1.29 is 8.42 Å². The number of nitrogens with zero attached hydrogens (tertiary/aromatic N) is 2. The first-order valence-electron chi connectivity index (χ1n) is 5.87. The summed E-state index contributed by atoms with van der Waals surface area (Å²) in [4.78, 5) is 4.58. The first-order chi connectivity index (χ1) is 8.93. The number of hydrogen-bond donors (Lipinski definition) is 0. The van der Waals surface area contributed by atoms with Gasteiger partial charge in [-0.15, -0.1) is 0 Å². The quantitative estimate of drug-likeness (QED) is 0.802. The van der Waals surface area contributed by atoms with Crippen LogP contribution in [-0.2, 0) is 10.0 Å². The minimum absolute atomic E-state index is 0.0976. The third-order valence-corrected chi connectivity index (χ3v) is 4.97. The average molecular weight is 343 g/mol. The van der Waals surface area contributed by atoms with Gasteiger partial charge in [-0.05, 0) is 24.3 Å². The molecule has 1 atom stereocenters. The molecule has 1 unspecified atom stereocenters. The van der Waals surface area contributed by atoms with Gasteiger partial charge in [-0.2, -0.15) is 4.31 Å². The number of benzene rings is 1. The lowest BCUT2D eigenvalue weighted by molar-refractivity contribution is 0.474. The highest BCUT2D eigenvalue weighted by Gasteiger charge is 2.23. The number of alkyl halides is 1. The van der Waals surface area contributed by atoms with Crippen LogP contribution in [0.5, 0.6) is 0 Å². The minimum Gasteiger partial charge on any atom is -0.256 e. The van der Waals surface area contributed by atoms with E-state index < -0.39 is 10.0 Å². The highest BCUT2D eigenvalue weighted by Crippen LogP contribution is 2.24. The molecule has 102 valence electrons. The van der Waals surface area contributed by atoms with E-state index in [1.807, 2.05) is 13.0 Å². The van der Waals surface area contributed by atoms with Crippen molar-refractivity contribution in [3.63, 3.8) is 0 Å². The molecule has 2 rings (SSSR count). The van der Waals surface area contributed by atoms with Crippen LogP contribution in [0, 0.1) is 0 Å². The van der Waals surface area contributed by atoms with Crippen LogP contribution in [0.25, 0.3) is 10.9 Å². The van der Waals surface area contributed by atoms with Crippen molar-refractivity contribution in [2.24, 2.45) is 0 Å². The molecule has 2 aromatic rings. The second kappa shape index (κ2) is 5.56. The third kappa shape index (κ3) is 2.96. The lowest BCUT2D eigenvalue weighted by Gasteiger charge is -2.19. The van der Waals surface area contributed by atoms with E-state index in [4.69, 9.17) is 0 Å². The van der Waals surface area contributed by atoms with E-state index in [2.05, 4.69) is 20.9 Å². The molecule has 1 heterocycles. The monoisotopic (exact) mass is 342 g/mol. The van der Waals surface area contributed by atoms with E-state index in [1.54, 1.807) is 37.5 Å². The van der Waals surface area contributed by atoms with Gasteiger partial charge in [-0.1, -0.05) is 28.9 Å². The summed E-state index contributed by atoms with van der Waals surface area (Å²) in [6.07, 6.45) is 1.66. The van der Waals surface area contributed by atoms with Gasteiger partial charge in [0.1, 0.15) is 0 Å². The largest absolute Gasteiger partial charge is 0.256 e. The van der Waals surface area contributed by atoms with Crippen LogP contribution in [0.3, 0.4) is 0 Å². The molecular weight excluding hydrogens is 328 g/mol. The van der Waals surface area contributed by atoms with E-state index in [0.29, 0.717) is 22.3 Å². The predicted octanol–water partition coefficient (Wildman–Crippen LogP) is 2.64. The molecule has 0 aliphatic carbocycles. The Morgan fingerprint density at radius 2 is 2.05 bits per heavy atom. The summed E-state index contributed by atoms with van der Waals surface area (Å²) in [6, 6.07) is 8.67. The molecule has 0 fully saturated rings. The van der Waals surface area contributed by atoms with Crippen molar-refractivity contribution in [1.82, 2.24) is 9.29 Å². The second-order valence-electron chi connectivity index (χ2n) is 4.39. The van der Waals surface area contributed by atoms with E-state index in [0.717, 1.165) is 0 Å². The predicted molar refractivity (Wildman–Crippen MR) is 79.9 cm³/mol. The Labute approximate surface area is 121 Å². The van der Waals surface area contributed by atoms with Gasteiger partial charge >= 0.3 is 0 Å². The van der Waals surface area contributed by atoms with E-state index in [9.17, 15) is 8.42 Å². The number of hydrogen-bond acceptors (Lipinski definition) is 3. The summed E-state index contributed by atoms with van der Waals surface area (Å²) in [5.41, 5.74) is 0.684. The summed E-state index contributed by atoms with van der Waals surface area (Å²) in [6.45, 7) is 2.33. The minimum atomic E-state index is -3.50. The summed E-state index contributed by atoms with van der Waals surface area (Å²) in [7, 11) is -1.91. The number of halogens is 1. The van der Waals surface area contributed by atoms with Crippen molar-refractivity contribution in [3.05, 3.63) is 36.5 Å². The zero-order valence-corrected chi connectivity index (χ0v) is 13.1. The summed E-state index contributed by atoms with van der Waals surface area (Å²) in [5, 5.41) is 0.652. The first kappa shape index (κ1) is 14.4. The van der Waals surface area contributed by atoms with E-state index in [1.165, 1.54) is 4.31 Å². The molecule has 0 bridgehead atoms. The Morgan fingerprint density at radius 3 is 2.74 bits per heavy atom. The Balaban J connectivity index is 2.55. The van der Waals surface area contributed by atoms with Gasteiger partial charge in [0.25, 0.3) is 0 Å². The van der Waals surface area contributed by atoms with Crippen molar-refractivity contribution >= 4 is 36.9 Å². The van der Waals surface area contributed by atoms with Crippen LogP contribution in [0.4, 0.5) is 0 Å². The Hall–Kier alpha value is -0.980. The van der Waals surface area contributed by atoms with Crippen LogP contribution >= 0.6 is 15.9 Å². The maximum Gasteiger partial charge on any atom is 0.243 e. The molecule has 0 aliphatic heterocycles. The molecule has 0 N–H and O–H groups in total. The van der Waals surface area contributed by atoms with Gasteiger partial charge in [0.15, 0.2) is 0 Å². The highest BCUT2D eigenvalue weighted by molar-refractivity contribution is 9.09. The third-order valence-electron chi connectivity index (χ3n) is 2.80. The van der Waals surface area contributed by atoms with E-state index >= 15 is 0 Å². The summed E-state index contributed by atoms with van der Waals surface area (Å²) < 4.78 is 26.5. The fraction of sp³-hybridized carbons (Fsp3) is 0.308. The zero-order chi connectivity index (χ0) is 14.0. The van der Waals surface area contributed by atoms with E-state index in [-0.39, 0.29) is 4.83 Å². The molecule has 0 radical (unpaired) electrons. The van der Waals surface area contributed by atoms with Crippen LogP contribution in [-0.4, -0.2) is 36.1 Å². The SMILES string of the molecule is CC(Br)CN(C)S(=O)(=O)c1cccc2ncccc12. The zero-order valence-electron chi connectivity index (χ0n) is 10.7. The maximum absolute atomic E-state index is 12.6. The molecule has 0 amide bonds. The van der Waals surface area contributed by atoms with Gasteiger partial charge < -0.3 is 0 Å². The van der Waals surface area contributed by atoms with Gasteiger partial charge in [-0.3, -0.25) is 4.98 Å². The first-order valence-corrected chi connectivity index (χ1v) is 8.22. The van der Waals surface area contributed by atoms with Crippen molar-refractivity contribution in [2.45, 2.75) is 16.6 Å². The number of fused-ring (bicyclic) bond motifs is 1. The molecule has 0 spiro atoms. The molecule has 1 aromatic carbocycles. The van der Waals surface area contributed by atoms with Crippen molar-refractivity contribution in [2.75, 3.05) is 13.6 Å². The van der Waals surface area contributed by atoms with Crippen molar-refractivity contribution in [1.29, 1.82) is 0 Å². The number of aromatic nitrogens is 1. The lowest BCUT2D eigenvalue weighted by atomic mass is 10.2. The molecule has 19 heavy (non-hydrogen) atoms. The molecule has 0 aliphatic rings. The van der Waals surface area contributed by atoms with Crippen molar-refractivity contribution in [3.8, 4) is 0 Å². The number of rotatable bonds is 4. The maximum atomic E-state index is 12.6. The Bertz CT molecular complexity index is 681. The van der Waals surface area contributed by atoms with Gasteiger partial charge in [-0.25, -0.2) is 8.42 Å². The summed E-state index contributed by atoms with van der Waals surface area (Å²) in [5.74, 6) is 0. The highest BCUT2D eigenvalue weighted by atomic mass is 79.9. The average Bonchev–Trinajstić information content (AvgIpc) is 2.37. The molecule has 0 saturated carbocycles.